The Labute approximate surface area is 113 Å². The first-order valence-electron chi connectivity index (χ1n) is 6.58. The molecule has 102 valence electrons. The molecule has 4 N–H and O–H groups in total. The van der Waals surface area contributed by atoms with E-state index in [2.05, 4.69) is 31.1 Å². The van der Waals surface area contributed by atoms with Crippen molar-refractivity contribution in [1.82, 2.24) is 10.3 Å². The molecule has 0 unspecified atom stereocenters. The first kappa shape index (κ1) is 13.5. The van der Waals surface area contributed by atoms with E-state index in [9.17, 15) is 4.79 Å². The standard InChI is InChI=1S/C15H21N3O/c1-4-15(2,3)9-17-14(19)12-8-10-6-5-7-11(16)13(10)18-12/h5-8,18H,4,9,16H2,1-3H3,(H,17,19). The highest BCUT2D eigenvalue weighted by molar-refractivity contribution is 6.00. The summed E-state index contributed by atoms with van der Waals surface area (Å²) < 4.78 is 0. The van der Waals surface area contributed by atoms with Crippen molar-refractivity contribution in [2.75, 3.05) is 12.3 Å². The summed E-state index contributed by atoms with van der Waals surface area (Å²) in [4.78, 5) is 15.2. The SMILES string of the molecule is CCC(C)(C)CNC(=O)c1cc2cccc(N)c2[nH]1. The summed E-state index contributed by atoms with van der Waals surface area (Å²) in [5.74, 6) is -0.0860. The molecule has 1 aromatic heterocycles. The minimum absolute atomic E-state index is 0.0860. The van der Waals surface area contributed by atoms with Crippen molar-refractivity contribution in [3.8, 4) is 0 Å². The van der Waals surface area contributed by atoms with Gasteiger partial charge in [-0.15, -0.1) is 0 Å². The quantitative estimate of drug-likeness (QED) is 0.739. The molecule has 1 aromatic carbocycles. The van der Waals surface area contributed by atoms with Crippen LogP contribution in [-0.2, 0) is 0 Å². The van der Waals surface area contributed by atoms with E-state index in [1.165, 1.54) is 0 Å². The van der Waals surface area contributed by atoms with E-state index in [-0.39, 0.29) is 11.3 Å². The maximum Gasteiger partial charge on any atom is 0.267 e. The Bertz CT molecular complexity index is 598. The van der Waals surface area contributed by atoms with Gasteiger partial charge < -0.3 is 16.0 Å². The Morgan fingerprint density at radius 3 is 2.79 bits per heavy atom. The zero-order chi connectivity index (χ0) is 14.0. The number of nitrogens with one attached hydrogen (secondary N) is 2. The van der Waals surface area contributed by atoms with Crippen molar-refractivity contribution in [2.24, 2.45) is 5.41 Å². The summed E-state index contributed by atoms with van der Waals surface area (Å²) in [6.45, 7) is 7.05. The maximum atomic E-state index is 12.1. The van der Waals surface area contributed by atoms with Gasteiger partial charge in [-0.3, -0.25) is 4.79 Å². The minimum Gasteiger partial charge on any atom is -0.397 e. The number of benzene rings is 1. The summed E-state index contributed by atoms with van der Waals surface area (Å²) in [7, 11) is 0. The van der Waals surface area contributed by atoms with Crippen molar-refractivity contribution < 1.29 is 4.79 Å². The second kappa shape index (κ2) is 4.96. The maximum absolute atomic E-state index is 12.1. The lowest BCUT2D eigenvalue weighted by molar-refractivity contribution is 0.0931. The predicted octanol–water partition coefficient (Wildman–Crippen LogP) is 2.92. The molecule has 0 saturated carbocycles. The van der Waals surface area contributed by atoms with Crippen LogP contribution in [-0.4, -0.2) is 17.4 Å². The molecular weight excluding hydrogens is 238 g/mol. The summed E-state index contributed by atoms with van der Waals surface area (Å²) in [6.07, 6.45) is 1.02. The van der Waals surface area contributed by atoms with Crippen LogP contribution in [0.4, 0.5) is 5.69 Å². The zero-order valence-corrected chi connectivity index (χ0v) is 11.7. The van der Waals surface area contributed by atoms with Crippen LogP contribution in [0.1, 0.15) is 37.7 Å². The fourth-order valence-electron chi connectivity index (χ4n) is 1.84. The van der Waals surface area contributed by atoms with Crippen LogP contribution in [0.5, 0.6) is 0 Å². The van der Waals surface area contributed by atoms with Gasteiger partial charge in [0.2, 0.25) is 0 Å². The number of hydrogen-bond donors (Lipinski definition) is 3. The van der Waals surface area contributed by atoms with Crippen LogP contribution in [0, 0.1) is 5.41 Å². The molecule has 1 heterocycles. The normalized spacial score (nSPS) is 11.7. The molecule has 1 amide bonds. The lowest BCUT2D eigenvalue weighted by atomic mass is 9.90. The molecule has 0 aliphatic rings. The second-order valence-corrected chi connectivity index (χ2v) is 5.69. The van der Waals surface area contributed by atoms with Gasteiger partial charge in [-0.1, -0.05) is 32.9 Å². The molecule has 0 radical (unpaired) electrons. The number of anilines is 1. The fourth-order valence-corrected chi connectivity index (χ4v) is 1.84. The summed E-state index contributed by atoms with van der Waals surface area (Å²) >= 11 is 0. The molecule has 0 atom stereocenters. The number of H-pyrrole nitrogens is 1. The smallest absolute Gasteiger partial charge is 0.267 e. The Morgan fingerprint density at radius 2 is 2.16 bits per heavy atom. The molecule has 0 spiro atoms. The van der Waals surface area contributed by atoms with E-state index in [0.717, 1.165) is 17.3 Å². The highest BCUT2D eigenvalue weighted by Crippen LogP contribution is 2.22. The van der Waals surface area contributed by atoms with Crippen molar-refractivity contribution in [1.29, 1.82) is 0 Å². The molecule has 4 heteroatoms. The summed E-state index contributed by atoms with van der Waals surface area (Å²) in [6, 6.07) is 7.48. The topological polar surface area (TPSA) is 70.9 Å². The molecule has 2 rings (SSSR count). The highest BCUT2D eigenvalue weighted by Gasteiger charge is 2.17. The van der Waals surface area contributed by atoms with Crippen LogP contribution in [0.2, 0.25) is 0 Å². The van der Waals surface area contributed by atoms with Crippen LogP contribution < -0.4 is 11.1 Å². The first-order chi connectivity index (χ1) is 8.93. The predicted molar refractivity (Wildman–Crippen MR) is 79.1 cm³/mol. The number of hydrogen-bond acceptors (Lipinski definition) is 2. The van der Waals surface area contributed by atoms with E-state index in [4.69, 9.17) is 5.73 Å². The summed E-state index contributed by atoms with van der Waals surface area (Å²) in [5, 5.41) is 3.92. The number of amides is 1. The van der Waals surface area contributed by atoms with Crippen LogP contribution in [0.3, 0.4) is 0 Å². The number of carbonyl (C=O) groups excluding carboxylic acids is 1. The van der Waals surface area contributed by atoms with Gasteiger partial charge in [-0.25, -0.2) is 0 Å². The number of nitrogen functional groups attached to an aromatic ring is 1. The lowest BCUT2D eigenvalue weighted by Gasteiger charge is -2.22. The molecule has 0 aliphatic carbocycles. The van der Waals surface area contributed by atoms with E-state index in [0.29, 0.717) is 17.9 Å². The van der Waals surface area contributed by atoms with Crippen LogP contribution in [0.25, 0.3) is 10.9 Å². The lowest BCUT2D eigenvalue weighted by Crippen LogP contribution is -2.33. The van der Waals surface area contributed by atoms with Crippen molar-refractivity contribution in [2.45, 2.75) is 27.2 Å². The van der Waals surface area contributed by atoms with Crippen molar-refractivity contribution >= 4 is 22.5 Å². The monoisotopic (exact) mass is 259 g/mol. The number of fused-ring (bicyclic) bond motifs is 1. The third kappa shape index (κ3) is 2.89. The van der Waals surface area contributed by atoms with Gasteiger partial charge in [0.25, 0.3) is 5.91 Å². The molecule has 0 fully saturated rings. The average molecular weight is 259 g/mol. The van der Waals surface area contributed by atoms with Gasteiger partial charge in [0.15, 0.2) is 0 Å². The highest BCUT2D eigenvalue weighted by atomic mass is 16.1. The third-order valence-electron chi connectivity index (χ3n) is 3.62. The number of para-hydroxylation sites is 1. The molecule has 19 heavy (non-hydrogen) atoms. The first-order valence-corrected chi connectivity index (χ1v) is 6.58. The second-order valence-electron chi connectivity index (χ2n) is 5.69. The molecule has 0 aliphatic heterocycles. The number of nitrogens with two attached hydrogens (primary N) is 1. The van der Waals surface area contributed by atoms with Crippen molar-refractivity contribution in [3.05, 3.63) is 30.0 Å². The van der Waals surface area contributed by atoms with Gasteiger partial charge in [-0.05, 0) is 24.0 Å². The molecule has 0 bridgehead atoms. The van der Waals surface area contributed by atoms with E-state index < -0.39 is 0 Å². The Morgan fingerprint density at radius 1 is 1.42 bits per heavy atom. The molecular formula is C15H21N3O. The average Bonchev–Trinajstić information content (AvgIpc) is 2.81. The molecule has 0 saturated heterocycles. The van der Waals surface area contributed by atoms with Crippen LogP contribution >= 0.6 is 0 Å². The van der Waals surface area contributed by atoms with Crippen molar-refractivity contribution in [3.63, 3.8) is 0 Å². The molecule has 2 aromatic rings. The van der Waals surface area contributed by atoms with Gasteiger partial charge >= 0.3 is 0 Å². The third-order valence-corrected chi connectivity index (χ3v) is 3.62. The summed E-state index contributed by atoms with van der Waals surface area (Å²) in [5.41, 5.74) is 8.02. The van der Waals surface area contributed by atoms with Gasteiger partial charge in [0, 0.05) is 11.9 Å². The Balaban J connectivity index is 2.16. The van der Waals surface area contributed by atoms with Crippen LogP contribution in [0.15, 0.2) is 24.3 Å². The van der Waals surface area contributed by atoms with Gasteiger partial charge in [-0.2, -0.15) is 0 Å². The number of aromatic amines is 1. The Kier molecular flexibility index (Phi) is 3.51. The molecule has 4 nitrogen and oxygen atoms in total. The van der Waals surface area contributed by atoms with E-state index in [1.54, 1.807) is 0 Å². The fraction of sp³-hybridized carbons (Fsp3) is 0.400. The zero-order valence-electron chi connectivity index (χ0n) is 11.7. The minimum atomic E-state index is -0.0860. The number of rotatable bonds is 4. The van der Waals surface area contributed by atoms with E-state index >= 15 is 0 Å². The largest absolute Gasteiger partial charge is 0.397 e. The van der Waals surface area contributed by atoms with Gasteiger partial charge in [0.05, 0.1) is 11.2 Å². The van der Waals surface area contributed by atoms with Gasteiger partial charge in [0.1, 0.15) is 5.69 Å². The number of aromatic nitrogens is 1. The Hall–Kier alpha value is -1.97. The number of carbonyl (C=O) groups is 1. The van der Waals surface area contributed by atoms with E-state index in [1.807, 2.05) is 24.3 Å².